The van der Waals surface area contributed by atoms with Crippen molar-refractivity contribution < 1.29 is 19.1 Å². The van der Waals surface area contributed by atoms with Crippen molar-refractivity contribution in [2.75, 3.05) is 26.1 Å². The maximum absolute atomic E-state index is 12.0. The molecule has 0 aliphatic rings. The van der Waals surface area contributed by atoms with Gasteiger partial charge < -0.3 is 24.5 Å². The lowest BCUT2D eigenvalue weighted by atomic mass is 10.0. The summed E-state index contributed by atoms with van der Waals surface area (Å²) in [6, 6.07) is 0. The van der Waals surface area contributed by atoms with Crippen LogP contribution in [-0.2, 0) is 15.1 Å². The molecule has 0 saturated carbocycles. The second-order valence-electron chi connectivity index (χ2n) is 6.18. The first-order valence-electron chi connectivity index (χ1n) is 6.72. The molecule has 0 saturated heterocycles. The Morgan fingerprint density at radius 3 is 2.32 bits per heavy atom. The number of anilines is 1. The molecule has 1 aromatic rings. The van der Waals surface area contributed by atoms with E-state index in [2.05, 4.69) is 10.3 Å². The van der Waals surface area contributed by atoms with E-state index >= 15 is 0 Å². The number of methoxy groups -OCH3 is 1. The van der Waals surface area contributed by atoms with Crippen LogP contribution in [-0.4, -0.2) is 44.2 Å². The Morgan fingerprint density at radius 1 is 1.32 bits per heavy atom. The van der Waals surface area contributed by atoms with E-state index in [1.54, 1.807) is 32.6 Å². The Balaban J connectivity index is 3.12. The van der Waals surface area contributed by atoms with Gasteiger partial charge in [0.25, 0.3) is 0 Å². The summed E-state index contributed by atoms with van der Waals surface area (Å²) in [5.74, 6) is 0.305. The highest BCUT2D eigenvalue weighted by molar-refractivity contribution is 7.16. The predicted octanol–water partition coefficient (Wildman–Crippen LogP) is 2.16. The highest BCUT2D eigenvalue weighted by Gasteiger charge is 2.36. The zero-order valence-electron chi connectivity index (χ0n) is 14.0. The number of rotatable bonds is 5. The quantitative estimate of drug-likeness (QED) is 0.834. The van der Waals surface area contributed by atoms with Crippen LogP contribution in [0.5, 0.6) is 5.88 Å². The van der Waals surface area contributed by atoms with E-state index in [9.17, 15) is 9.59 Å². The fourth-order valence-corrected chi connectivity index (χ4v) is 2.63. The van der Waals surface area contributed by atoms with Crippen LogP contribution in [0.2, 0.25) is 0 Å². The minimum absolute atomic E-state index is 0.305. The Bertz CT molecular complexity index is 551. The van der Waals surface area contributed by atoms with Gasteiger partial charge in [0.2, 0.25) is 5.88 Å². The van der Waals surface area contributed by atoms with Gasteiger partial charge >= 0.3 is 6.09 Å². The molecule has 0 aromatic carbocycles. The molecule has 0 aliphatic heterocycles. The molecule has 0 bridgehead atoms. The van der Waals surface area contributed by atoms with Gasteiger partial charge in [0.05, 0.1) is 7.11 Å². The number of ether oxygens (including phenoxy) is 2. The van der Waals surface area contributed by atoms with Crippen LogP contribution in [0.15, 0.2) is 0 Å². The number of nitrogens with zero attached hydrogens (tertiary/aromatic N) is 2. The molecule has 8 heteroatoms. The predicted molar refractivity (Wildman–Crippen MR) is 85.8 cm³/mol. The van der Waals surface area contributed by atoms with Crippen LogP contribution in [0, 0.1) is 0 Å². The van der Waals surface area contributed by atoms with E-state index in [0.717, 1.165) is 0 Å². The first kappa shape index (κ1) is 18.2. The average molecular weight is 329 g/mol. The number of aromatic nitrogens is 1. The third-order valence-corrected chi connectivity index (χ3v) is 4.07. The first-order valence-corrected chi connectivity index (χ1v) is 7.54. The van der Waals surface area contributed by atoms with Gasteiger partial charge in [-0.05, 0) is 27.7 Å². The number of amides is 1. The Kier molecular flexibility index (Phi) is 5.39. The van der Waals surface area contributed by atoms with Crippen molar-refractivity contribution in [2.45, 2.75) is 38.8 Å². The lowest BCUT2D eigenvalue weighted by Crippen LogP contribution is -2.46. The summed E-state index contributed by atoms with van der Waals surface area (Å²) >= 11 is 1.27. The maximum Gasteiger partial charge on any atom is 0.408 e. The van der Waals surface area contributed by atoms with Crippen molar-refractivity contribution in [3.8, 4) is 5.88 Å². The zero-order valence-corrected chi connectivity index (χ0v) is 14.8. The molecule has 124 valence electrons. The standard InChI is InChI=1S/C14H23N3O4S/c1-13(2,3)21-12(19)16-14(4,8-18)9-10(20-7)15-11(22-9)17(5)6/h8H,1-7H3,(H,16,19). The van der Waals surface area contributed by atoms with Crippen LogP contribution >= 0.6 is 11.3 Å². The van der Waals surface area contributed by atoms with Gasteiger partial charge in [0, 0.05) is 14.1 Å². The summed E-state index contributed by atoms with van der Waals surface area (Å²) in [7, 11) is 5.14. The zero-order chi connectivity index (χ0) is 17.1. The summed E-state index contributed by atoms with van der Waals surface area (Å²) in [6.45, 7) is 6.84. The highest BCUT2D eigenvalue weighted by atomic mass is 32.1. The SMILES string of the molecule is COc1nc(N(C)C)sc1C(C)(C=O)NC(=O)OC(C)(C)C. The molecule has 1 atom stereocenters. The molecule has 7 nitrogen and oxygen atoms in total. The molecule has 0 radical (unpaired) electrons. The number of hydrogen-bond acceptors (Lipinski definition) is 7. The fourth-order valence-electron chi connectivity index (χ4n) is 1.61. The Labute approximate surface area is 134 Å². The summed E-state index contributed by atoms with van der Waals surface area (Å²) in [5, 5.41) is 3.26. The van der Waals surface area contributed by atoms with Crippen molar-refractivity contribution in [3.63, 3.8) is 0 Å². The molecule has 0 aliphatic carbocycles. The van der Waals surface area contributed by atoms with Gasteiger partial charge in [-0.25, -0.2) is 4.79 Å². The number of aldehydes is 1. The molecule has 1 amide bonds. The monoisotopic (exact) mass is 329 g/mol. The third kappa shape index (κ3) is 4.33. The number of nitrogens with one attached hydrogen (secondary N) is 1. The van der Waals surface area contributed by atoms with Gasteiger partial charge in [-0.1, -0.05) is 11.3 Å². The van der Waals surface area contributed by atoms with Crippen molar-refractivity contribution in [2.24, 2.45) is 0 Å². The normalized spacial score (nSPS) is 14.0. The molecule has 1 heterocycles. The Morgan fingerprint density at radius 2 is 1.91 bits per heavy atom. The number of hydrogen-bond donors (Lipinski definition) is 1. The van der Waals surface area contributed by atoms with E-state index < -0.39 is 17.2 Å². The molecule has 0 fully saturated rings. The summed E-state index contributed by atoms with van der Waals surface area (Å²) < 4.78 is 10.4. The molecular formula is C14H23N3O4S. The van der Waals surface area contributed by atoms with E-state index in [1.807, 2.05) is 14.1 Å². The second-order valence-corrected chi connectivity index (χ2v) is 7.15. The molecule has 1 unspecified atom stereocenters. The molecule has 1 aromatic heterocycles. The van der Waals surface area contributed by atoms with E-state index in [0.29, 0.717) is 22.2 Å². The topological polar surface area (TPSA) is 80.8 Å². The molecular weight excluding hydrogens is 306 g/mol. The van der Waals surface area contributed by atoms with E-state index in [4.69, 9.17) is 9.47 Å². The fraction of sp³-hybridized carbons (Fsp3) is 0.643. The molecule has 0 spiro atoms. The van der Waals surface area contributed by atoms with Gasteiger partial charge in [0.1, 0.15) is 16.0 Å². The van der Waals surface area contributed by atoms with Gasteiger partial charge in [0.15, 0.2) is 11.4 Å². The lowest BCUT2D eigenvalue weighted by Gasteiger charge is -2.26. The van der Waals surface area contributed by atoms with Gasteiger partial charge in [-0.3, -0.25) is 0 Å². The number of alkyl carbamates (subject to hydrolysis) is 1. The van der Waals surface area contributed by atoms with Crippen molar-refractivity contribution >= 4 is 28.8 Å². The van der Waals surface area contributed by atoms with E-state index in [1.165, 1.54) is 18.4 Å². The van der Waals surface area contributed by atoms with Gasteiger partial charge in [-0.2, -0.15) is 4.98 Å². The smallest absolute Gasteiger partial charge is 0.408 e. The lowest BCUT2D eigenvalue weighted by molar-refractivity contribution is -0.113. The van der Waals surface area contributed by atoms with Gasteiger partial charge in [-0.15, -0.1) is 0 Å². The molecule has 1 N–H and O–H groups in total. The average Bonchev–Trinajstić information content (AvgIpc) is 2.81. The van der Waals surface area contributed by atoms with Crippen molar-refractivity contribution in [1.29, 1.82) is 0 Å². The minimum atomic E-state index is -1.28. The van der Waals surface area contributed by atoms with Crippen LogP contribution < -0.4 is 15.0 Å². The van der Waals surface area contributed by atoms with Crippen molar-refractivity contribution in [3.05, 3.63) is 4.88 Å². The largest absolute Gasteiger partial charge is 0.480 e. The molecule has 1 rings (SSSR count). The summed E-state index contributed by atoms with van der Waals surface area (Å²) in [6.07, 6.45) is -0.0317. The first-order chi connectivity index (χ1) is 10.0. The Hall–Kier alpha value is -1.83. The van der Waals surface area contributed by atoms with Crippen molar-refractivity contribution in [1.82, 2.24) is 10.3 Å². The number of carbonyl (C=O) groups is 2. The van der Waals surface area contributed by atoms with Crippen LogP contribution in [0.4, 0.5) is 9.93 Å². The summed E-state index contributed by atoms with van der Waals surface area (Å²) in [4.78, 5) is 30.2. The highest BCUT2D eigenvalue weighted by Crippen LogP contribution is 2.37. The number of carbonyl (C=O) groups excluding carboxylic acids is 2. The third-order valence-electron chi connectivity index (χ3n) is 2.63. The number of thiazole rings is 1. The van der Waals surface area contributed by atoms with Crippen LogP contribution in [0.3, 0.4) is 0 Å². The van der Waals surface area contributed by atoms with Crippen LogP contribution in [0.1, 0.15) is 32.6 Å². The van der Waals surface area contributed by atoms with Crippen LogP contribution in [0.25, 0.3) is 0 Å². The second kappa shape index (κ2) is 6.51. The maximum atomic E-state index is 12.0. The van der Waals surface area contributed by atoms with E-state index in [-0.39, 0.29) is 0 Å². The minimum Gasteiger partial charge on any atom is -0.480 e. The molecule has 22 heavy (non-hydrogen) atoms. The summed E-state index contributed by atoms with van der Waals surface area (Å²) in [5.41, 5.74) is -1.93.